The van der Waals surface area contributed by atoms with Gasteiger partial charge in [-0.15, -0.1) is 0 Å². The number of carbonyl (C=O) groups excluding carboxylic acids is 2. The van der Waals surface area contributed by atoms with Crippen LogP contribution in [-0.2, 0) is 9.53 Å². The zero-order valence-corrected chi connectivity index (χ0v) is 19.4. The summed E-state index contributed by atoms with van der Waals surface area (Å²) < 4.78 is 5.55. The van der Waals surface area contributed by atoms with Gasteiger partial charge in [0.05, 0.1) is 11.5 Å². The summed E-state index contributed by atoms with van der Waals surface area (Å²) in [7, 11) is 0. The van der Waals surface area contributed by atoms with Crippen LogP contribution in [0.25, 0.3) is 0 Å². The van der Waals surface area contributed by atoms with E-state index in [2.05, 4.69) is 29.2 Å². The quantitative estimate of drug-likeness (QED) is 0.648. The fourth-order valence-electron chi connectivity index (χ4n) is 5.08. The molecule has 0 N–H and O–H groups in total. The summed E-state index contributed by atoms with van der Waals surface area (Å²) in [5.74, 6) is 0.227. The van der Waals surface area contributed by atoms with Crippen molar-refractivity contribution < 1.29 is 14.3 Å². The van der Waals surface area contributed by atoms with Crippen molar-refractivity contribution in [2.45, 2.75) is 58.1 Å². The number of amides is 2. The van der Waals surface area contributed by atoms with E-state index in [9.17, 15) is 9.59 Å². The number of carbonyl (C=O) groups is 2. The predicted octanol–water partition coefficient (Wildman–Crippen LogP) is 5.42. The summed E-state index contributed by atoms with van der Waals surface area (Å²) in [5, 5.41) is 0. The molecule has 0 aliphatic carbocycles. The predicted molar refractivity (Wildman–Crippen MR) is 125 cm³/mol. The van der Waals surface area contributed by atoms with E-state index in [0.29, 0.717) is 25.9 Å². The van der Waals surface area contributed by atoms with Crippen LogP contribution < -0.4 is 0 Å². The molecular formula is C27H34N2O3. The molecular weight excluding hydrogens is 400 g/mol. The molecule has 5 nitrogen and oxygen atoms in total. The highest BCUT2D eigenvalue weighted by Crippen LogP contribution is 2.44. The first kappa shape index (κ1) is 22.4. The van der Waals surface area contributed by atoms with Gasteiger partial charge < -0.3 is 14.5 Å². The van der Waals surface area contributed by atoms with Gasteiger partial charge in [-0.05, 0) is 57.6 Å². The average molecular weight is 435 g/mol. The smallest absolute Gasteiger partial charge is 0.410 e. The van der Waals surface area contributed by atoms with Crippen LogP contribution in [0.5, 0.6) is 0 Å². The summed E-state index contributed by atoms with van der Waals surface area (Å²) in [4.78, 5) is 30.3. The second-order valence-electron chi connectivity index (χ2n) is 10.1. The van der Waals surface area contributed by atoms with E-state index in [1.165, 1.54) is 0 Å². The van der Waals surface area contributed by atoms with E-state index in [1.54, 1.807) is 4.90 Å². The Balaban J connectivity index is 1.55. The van der Waals surface area contributed by atoms with Crippen LogP contribution in [0.4, 0.5) is 4.79 Å². The number of likely N-dealkylation sites (tertiary alicyclic amines) is 2. The molecule has 4 rings (SSSR count). The molecule has 0 bridgehead atoms. The van der Waals surface area contributed by atoms with E-state index >= 15 is 0 Å². The van der Waals surface area contributed by atoms with Crippen molar-refractivity contribution in [2.75, 3.05) is 19.6 Å². The molecule has 0 atom stereocenters. The highest BCUT2D eigenvalue weighted by atomic mass is 16.6. The Morgan fingerprint density at radius 2 is 1.41 bits per heavy atom. The van der Waals surface area contributed by atoms with E-state index in [0.717, 1.165) is 30.5 Å². The van der Waals surface area contributed by atoms with Gasteiger partial charge in [0, 0.05) is 19.6 Å². The highest BCUT2D eigenvalue weighted by Gasteiger charge is 2.48. The van der Waals surface area contributed by atoms with E-state index in [4.69, 9.17) is 4.74 Å². The molecule has 2 fully saturated rings. The second kappa shape index (κ2) is 8.97. The van der Waals surface area contributed by atoms with Gasteiger partial charge in [0.1, 0.15) is 5.60 Å². The minimum Gasteiger partial charge on any atom is -0.444 e. The first-order valence-electron chi connectivity index (χ1n) is 11.7. The maximum absolute atomic E-state index is 14.0. The molecule has 2 amide bonds. The van der Waals surface area contributed by atoms with Gasteiger partial charge >= 0.3 is 6.09 Å². The molecule has 1 spiro atoms. The van der Waals surface area contributed by atoms with Crippen LogP contribution >= 0.6 is 0 Å². The van der Waals surface area contributed by atoms with Gasteiger partial charge in [-0.2, -0.15) is 0 Å². The number of nitrogens with zero attached hydrogens (tertiary/aromatic N) is 2. The van der Waals surface area contributed by atoms with E-state index in [-0.39, 0.29) is 18.0 Å². The first-order valence-corrected chi connectivity index (χ1v) is 11.7. The molecule has 2 aliphatic rings. The molecule has 0 unspecified atom stereocenters. The summed E-state index contributed by atoms with van der Waals surface area (Å²) in [5.41, 5.74) is 1.37. The summed E-state index contributed by atoms with van der Waals surface area (Å²) in [6, 6.07) is 20.5. The maximum atomic E-state index is 14.0. The van der Waals surface area contributed by atoms with Crippen LogP contribution in [0.15, 0.2) is 60.7 Å². The molecule has 2 aliphatic heterocycles. The third kappa shape index (κ3) is 4.67. The van der Waals surface area contributed by atoms with Gasteiger partial charge in [0.15, 0.2) is 0 Å². The third-order valence-electron chi connectivity index (χ3n) is 6.68. The monoisotopic (exact) mass is 434 g/mol. The summed E-state index contributed by atoms with van der Waals surface area (Å²) >= 11 is 0. The lowest BCUT2D eigenvalue weighted by Gasteiger charge is -2.48. The molecule has 2 heterocycles. The molecule has 0 aromatic heterocycles. The normalized spacial score (nSPS) is 18.8. The number of rotatable bonds is 3. The Kier molecular flexibility index (Phi) is 6.27. The van der Waals surface area contributed by atoms with Crippen molar-refractivity contribution in [3.8, 4) is 0 Å². The van der Waals surface area contributed by atoms with Gasteiger partial charge in [-0.1, -0.05) is 60.7 Å². The largest absolute Gasteiger partial charge is 0.444 e. The molecule has 2 aromatic carbocycles. The van der Waals surface area contributed by atoms with Gasteiger partial charge in [-0.3, -0.25) is 4.79 Å². The highest BCUT2D eigenvalue weighted by molar-refractivity contribution is 5.85. The molecule has 32 heavy (non-hydrogen) atoms. The number of hydrogen-bond acceptors (Lipinski definition) is 3. The Hall–Kier alpha value is -2.82. The van der Waals surface area contributed by atoms with E-state index in [1.807, 2.05) is 57.2 Å². The van der Waals surface area contributed by atoms with Crippen LogP contribution in [0.1, 0.15) is 63.6 Å². The first-order chi connectivity index (χ1) is 15.3. The Bertz CT molecular complexity index is 889. The van der Waals surface area contributed by atoms with Crippen LogP contribution in [0.2, 0.25) is 0 Å². The molecule has 2 aromatic rings. The van der Waals surface area contributed by atoms with Crippen LogP contribution in [-0.4, -0.2) is 47.0 Å². The van der Waals surface area contributed by atoms with Gasteiger partial charge in [0.25, 0.3) is 0 Å². The topological polar surface area (TPSA) is 49.9 Å². The number of benzene rings is 2. The lowest BCUT2D eigenvalue weighted by Crippen LogP contribution is -2.55. The van der Waals surface area contributed by atoms with E-state index < -0.39 is 11.0 Å². The van der Waals surface area contributed by atoms with Gasteiger partial charge in [0.2, 0.25) is 5.91 Å². The second-order valence-corrected chi connectivity index (χ2v) is 10.1. The lowest BCUT2D eigenvalue weighted by molar-refractivity contribution is -0.152. The van der Waals surface area contributed by atoms with Gasteiger partial charge in [-0.25, -0.2) is 4.79 Å². The summed E-state index contributed by atoms with van der Waals surface area (Å²) in [6.45, 7) is 7.53. The van der Waals surface area contributed by atoms with Crippen molar-refractivity contribution in [1.82, 2.24) is 9.80 Å². The zero-order chi connectivity index (χ0) is 22.8. The average Bonchev–Trinajstić information content (AvgIpc) is 2.78. The molecule has 5 heteroatoms. The summed E-state index contributed by atoms with van der Waals surface area (Å²) in [6.07, 6.45) is 2.98. The zero-order valence-electron chi connectivity index (χ0n) is 19.4. The van der Waals surface area contributed by atoms with Crippen LogP contribution in [0, 0.1) is 5.41 Å². The van der Waals surface area contributed by atoms with Crippen molar-refractivity contribution in [3.63, 3.8) is 0 Å². The van der Waals surface area contributed by atoms with Crippen molar-refractivity contribution in [2.24, 2.45) is 5.41 Å². The number of piperidine rings is 2. The molecule has 170 valence electrons. The lowest BCUT2D eigenvalue weighted by atomic mass is 9.71. The third-order valence-corrected chi connectivity index (χ3v) is 6.68. The van der Waals surface area contributed by atoms with Crippen molar-refractivity contribution in [3.05, 3.63) is 71.8 Å². The molecule has 0 radical (unpaired) electrons. The Morgan fingerprint density at radius 3 is 1.91 bits per heavy atom. The van der Waals surface area contributed by atoms with Crippen molar-refractivity contribution in [1.29, 1.82) is 0 Å². The Labute approximate surface area is 191 Å². The SMILES string of the molecule is CC(C)(C)OC(=O)N1CCC2(CCCN(C(c3ccccc3)c3ccccc3)C2=O)CC1. The Morgan fingerprint density at radius 1 is 0.875 bits per heavy atom. The fraction of sp³-hybridized carbons (Fsp3) is 0.481. The minimum absolute atomic E-state index is 0.0917. The molecule has 2 saturated heterocycles. The minimum atomic E-state index is -0.512. The molecule has 0 saturated carbocycles. The van der Waals surface area contributed by atoms with Crippen LogP contribution in [0.3, 0.4) is 0 Å². The van der Waals surface area contributed by atoms with Crippen molar-refractivity contribution >= 4 is 12.0 Å². The maximum Gasteiger partial charge on any atom is 0.410 e. The fourth-order valence-corrected chi connectivity index (χ4v) is 5.08. The number of hydrogen-bond donors (Lipinski definition) is 0. The standard InChI is InChI=1S/C27H34N2O3/c1-26(2,3)32-25(31)28-19-16-27(17-20-28)15-10-18-29(24(27)30)23(21-11-6-4-7-12-21)22-13-8-5-9-14-22/h4-9,11-14,23H,10,15-20H2,1-3H3. The number of ether oxygens (including phenoxy) is 1.